The molecular weight excluding hydrogens is 432 g/mol. The molecule has 3 heterocycles. The number of Topliss-reactive ketones (excluding diaryl/α,β-unsaturated/α-hetero) is 1. The Hall–Kier alpha value is -1.31. The highest BCUT2D eigenvalue weighted by molar-refractivity contribution is 5.97. The molecule has 176 valence electrons. The van der Waals surface area contributed by atoms with E-state index >= 15 is 0 Å². The van der Waals surface area contributed by atoms with Crippen LogP contribution in [0.4, 0.5) is 0 Å². The van der Waals surface area contributed by atoms with Crippen molar-refractivity contribution in [2.24, 2.45) is 64.1 Å². The summed E-state index contributed by atoms with van der Waals surface area (Å²) in [5.41, 5.74) is 0.233. The van der Waals surface area contributed by atoms with Gasteiger partial charge in [-0.25, -0.2) is 0 Å². The summed E-state index contributed by atoms with van der Waals surface area (Å²) >= 11 is 0. The molecule has 3 spiro atoms. The summed E-state index contributed by atoms with van der Waals surface area (Å²) in [5.74, 6) is 2.95. The van der Waals surface area contributed by atoms with Gasteiger partial charge in [0, 0.05) is 35.0 Å². The van der Waals surface area contributed by atoms with Crippen LogP contribution in [0.3, 0.4) is 0 Å². The zero-order valence-electron chi connectivity index (χ0n) is 18.9. The maximum atomic E-state index is 14.8. The van der Waals surface area contributed by atoms with Crippen LogP contribution >= 0.6 is 0 Å². The summed E-state index contributed by atoms with van der Waals surface area (Å²) in [6.45, 7) is 2.52. The maximum Gasteiger partial charge on any atom is 0.179 e. The molecule has 11 rings (SSSR count). The topological polar surface area (TPSA) is 66.5 Å². The molecule has 34 heavy (non-hydrogen) atoms. The van der Waals surface area contributed by atoms with Gasteiger partial charge in [-0.2, -0.15) is 0 Å². The standard InChI is InChI=1S/C28H28O6/c29-22-17-13-10-14-18(17)28(32-8-9-33-28)27-16-11-15(26(23(16)34-26)12-4-2-1-3-5-12)21(24-30-6-7-31-24)25(22,27)19(13)20(14)27/h1-5,13-21,23-24H,6-11H2/t13-,14+,15+,16+,17-,18+,19+,20-,21-,23-,25+,26+,27-/m0/s1. The largest absolute Gasteiger partial charge is 0.360 e. The van der Waals surface area contributed by atoms with Crippen LogP contribution in [0.5, 0.6) is 0 Å². The van der Waals surface area contributed by atoms with Crippen LogP contribution in [0.15, 0.2) is 30.3 Å². The van der Waals surface area contributed by atoms with Crippen LogP contribution in [-0.4, -0.2) is 50.4 Å². The average Bonchev–Trinajstić information content (AvgIpc) is 3.46. The zero-order valence-corrected chi connectivity index (χ0v) is 18.9. The summed E-state index contributed by atoms with van der Waals surface area (Å²) in [7, 11) is 0. The molecule has 0 amide bonds. The Balaban J connectivity index is 1.23. The minimum absolute atomic E-state index is 0.0164. The van der Waals surface area contributed by atoms with Gasteiger partial charge in [0.25, 0.3) is 0 Å². The fourth-order valence-corrected chi connectivity index (χ4v) is 13.5. The number of carbonyl (C=O) groups is 1. The zero-order chi connectivity index (χ0) is 21.8. The first-order valence-corrected chi connectivity index (χ1v) is 13.5. The lowest BCUT2D eigenvalue weighted by Crippen LogP contribution is -2.81. The highest BCUT2D eigenvalue weighted by Crippen LogP contribution is 3.01. The Labute approximate surface area is 197 Å². The Bertz CT molecular complexity index is 1190. The minimum atomic E-state index is -0.603. The van der Waals surface area contributed by atoms with E-state index in [1.54, 1.807) is 0 Å². The number of ether oxygens (including phenoxy) is 5. The van der Waals surface area contributed by atoms with E-state index in [0.29, 0.717) is 61.8 Å². The van der Waals surface area contributed by atoms with Crippen LogP contribution in [0.25, 0.3) is 0 Å². The normalized spacial score (nSPS) is 63.7. The van der Waals surface area contributed by atoms with E-state index in [2.05, 4.69) is 30.3 Å². The highest BCUT2D eigenvalue weighted by Gasteiger charge is 3.06. The second-order valence-corrected chi connectivity index (χ2v) is 12.9. The number of benzene rings is 1. The Morgan fingerprint density at radius 1 is 0.794 bits per heavy atom. The van der Waals surface area contributed by atoms with Gasteiger partial charge in [0.1, 0.15) is 11.4 Å². The van der Waals surface area contributed by atoms with E-state index in [4.69, 9.17) is 23.7 Å². The van der Waals surface area contributed by atoms with Crippen molar-refractivity contribution in [3.63, 3.8) is 0 Å². The van der Waals surface area contributed by atoms with Crippen molar-refractivity contribution < 1.29 is 28.5 Å². The lowest BCUT2D eigenvalue weighted by molar-refractivity contribution is -0.390. The van der Waals surface area contributed by atoms with Crippen molar-refractivity contribution in [2.75, 3.05) is 26.4 Å². The molecule has 10 fully saturated rings. The van der Waals surface area contributed by atoms with Gasteiger partial charge >= 0.3 is 0 Å². The third kappa shape index (κ3) is 1.27. The fraction of sp³-hybridized carbons (Fsp3) is 0.750. The van der Waals surface area contributed by atoms with Gasteiger partial charge < -0.3 is 23.7 Å². The molecule has 3 saturated heterocycles. The van der Waals surface area contributed by atoms with E-state index in [-0.39, 0.29) is 47.1 Å². The van der Waals surface area contributed by atoms with Gasteiger partial charge in [-0.1, -0.05) is 30.3 Å². The molecule has 0 radical (unpaired) electrons. The Morgan fingerprint density at radius 2 is 1.59 bits per heavy atom. The number of epoxide rings is 1. The molecule has 7 saturated carbocycles. The summed E-state index contributed by atoms with van der Waals surface area (Å²) in [4.78, 5) is 14.8. The van der Waals surface area contributed by atoms with Crippen molar-refractivity contribution in [1.29, 1.82) is 0 Å². The van der Waals surface area contributed by atoms with E-state index in [1.165, 1.54) is 12.0 Å². The molecule has 0 aromatic heterocycles. The van der Waals surface area contributed by atoms with Crippen molar-refractivity contribution in [3.8, 4) is 0 Å². The van der Waals surface area contributed by atoms with E-state index in [0.717, 1.165) is 6.42 Å². The molecule has 1 aromatic carbocycles. The monoisotopic (exact) mass is 460 g/mol. The molecule has 3 aliphatic heterocycles. The number of hydrogen-bond donors (Lipinski definition) is 0. The predicted molar refractivity (Wildman–Crippen MR) is 114 cm³/mol. The van der Waals surface area contributed by atoms with Crippen LogP contribution in [0.1, 0.15) is 18.4 Å². The predicted octanol–water partition coefficient (Wildman–Crippen LogP) is 2.36. The van der Waals surface area contributed by atoms with Gasteiger partial charge in [-0.05, 0) is 42.1 Å². The van der Waals surface area contributed by atoms with Crippen LogP contribution in [-0.2, 0) is 34.1 Å². The summed E-state index contributed by atoms with van der Waals surface area (Å²) < 4.78 is 33.2. The first-order valence-electron chi connectivity index (χ1n) is 13.5. The van der Waals surface area contributed by atoms with Gasteiger partial charge in [0.05, 0.1) is 37.9 Å². The van der Waals surface area contributed by atoms with Crippen LogP contribution < -0.4 is 0 Å². The SMILES string of the molecule is O=C1[C@H]2[C@@H]3C[C@@H]4[C@H]2C2(OCCO2)[C@@]25[C@@H]4[C@@H]3[C@@]12[C@H](C1OCCO1)[C@H]1C[C@@H]5[C@@H]2O[C@]12c1ccccc1. The molecule has 0 N–H and O–H groups in total. The minimum Gasteiger partial charge on any atom is -0.360 e. The average molecular weight is 461 g/mol. The van der Waals surface area contributed by atoms with Gasteiger partial charge in [0.2, 0.25) is 0 Å². The van der Waals surface area contributed by atoms with E-state index < -0.39 is 11.2 Å². The number of rotatable bonds is 2. The first-order chi connectivity index (χ1) is 16.7. The second-order valence-electron chi connectivity index (χ2n) is 12.9. The van der Waals surface area contributed by atoms with E-state index in [1.807, 2.05) is 0 Å². The molecule has 10 aliphatic rings. The summed E-state index contributed by atoms with van der Waals surface area (Å²) in [6, 6.07) is 10.8. The van der Waals surface area contributed by atoms with Crippen molar-refractivity contribution in [1.82, 2.24) is 0 Å². The van der Waals surface area contributed by atoms with Crippen molar-refractivity contribution in [3.05, 3.63) is 35.9 Å². The molecule has 1 aromatic rings. The smallest absolute Gasteiger partial charge is 0.179 e. The number of carbonyl (C=O) groups excluding carboxylic acids is 1. The summed E-state index contributed by atoms with van der Waals surface area (Å²) in [5, 5.41) is 0. The van der Waals surface area contributed by atoms with Crippen LogP contribution in [0.2, 0.25) is 0 Å². The Kier molecular flexibility index (Phi) is 2.62. The fourth-order valence-electron chi connectivity index (χ4n) is 13.5. The quantitative estimate of drug-likeness (QED) is 0.632. The molecule has 0 unspecified atom stereocenters. The molecule has 4 bridgehead atoms. The molecule has 13 atom stereocenters. The van der Waals surface area contributed by atoms with Crippen molar-refractivity contribution >= 4 is 5.78 Å². The van der Waals surface area contributed by atoms with Crippen LogP contribution in [0, 0.1) is 64.1 Å². The highest BCUT2D eigenvalue weighted by atomic mass is 16.7. The molecule has 6 nitrogen and oxygen atoms in total. The lowest BCUT2D eigenvalue weighted by Gasteiger charge is -2.75. The van der Waals surface area contributed by atoms with Crippen molar-refractivity contribution in [2.45, 2.75) is 36.6 Å². The summed E-state index contributed by atoms with van der Waals surface area (Å²) in [6.07, 6.45) is 2.07. The third-order valence-corrected chi connectivity index (χ3v) is 13.2. The maximum absolute atomic E-state index is 14.8. The third-order valence-electron chi connectivity index (χ3n) is 13.2. The number of ketones is 1. The first kappa shape index (κ1) is 18.0. The number of fused-ring (bicyclic) bond motifs is 2. The number of hydrogen-bond acceptors (Lipinski definition) is 6. The van der Waals surface area contributed by atoms with Gasteiger partial charge in [-0.3, -0.25) is 4.79 Å². The van der Waals surface area contributed by atoms with Gasteiger partial charge in [0.15, 0.2) is 12.1 Å². The second kappa shape index (κ2) is 4.95. The molecular formula is C28H28O6. The molecule has 7 aliphatic carbocycles. The lowest BCUT2D eigenvalue weighted by atomic mass is 9.28. The van der Waals surface area contributed by atoms with E-state index in [9.17, 15) is 4.79 Å². The molecule has 6 heteroatoms. The van der Waals surface area contributed by atoms with Gasteiger partial charge in [-0.15, -0.1) is 0 Å². The Morgan fingerprint density at radius 3 is 2.38 bits per heavy atom.